The van der Waals surface area contributed by atoms with Crippen molar-refractivity contribution in [2.24, 2.45) is 0 Å². The fourth-order valence-electron chi connectivity index (χ4n) is 2.09. The number of carboxylic acids is 1. The van der Waals surface area contributed by atoms with Crippen LogP contribution in [0, 0.1) is 0 Å². The van der Waals surface area contributed by atoms with E-state index < -0.39 is 5.97 Å². The van der Waals surface area contributed by atoms with E-state index in [1.54, 1.807) is 13.0 Å². The molecule has 0 saturated carbocycles. The molecule has 0 bridgehead atoms. The Labute approximate surface area is 134 Å². The van der Waals surface area contributed by atoms with Gasteiger partial charge in [-0.25, -0.2) is 0 Å². The van der Waals surface area contributed by atoms with Crippen molar-refractivity contribution in [2.45, 2.75) is 20.0 Å². The molecule has 0 spiro atoms. The second kappa shape index (κ2) is 8.03. The van der Waals surface area contributed by atoms with E-state index in [4.69, 9.17) is 14.3 Å². The van der Waals surface area contributed by atoms with E-state index in [0.29, 0.717) is 17.9 Å². The van der Waals surface area contributed by atoms with E-state index in [2.05, 4.69) is 0 Å². The summed E-state index contributed by atoms with van der Waals surface area (Å²) in [6.45, 7) is 2.55. The van der Waals surface area contributed by atoms with Crippen molar-refractivity contribution in [3.63, 3.8) is 0 Å². The van der Waals surface area contributed by atoms with Gasteiger partial charge in [-0.3, -0.25) is 9.59 Å². The first-order valence-electron chi connectivity index (χ1n) is 7.37. The Hall–Kier alpha value is -2.76. The van der Waals surface area contributed by atoms with Gasteiger partial charge < -0.3 is 19.2 Å². The fourth-order valence-corrected chi connectivity index (χ4v) is 2.09. The standard InChI is InChI=1S/C17H19NO5/c1-2-18(10-8-15(19)20)17(21)16-13(9-11-22-16)12-23-14-6-4-3-5-7-14/h3-7,9,11H,2,8,10,12H2,1H3,(H,19,20). The van der Waals surface area contributed by atoms with Gasteiger partial charge in [0.25, 0.3) is 5.91 Å². The molecule has 2 rings (SSSR count). The molecule has 0 fully saturated rings. The average molecular weight is 317 g/mol. The van der Waals surface area contributed by atoms with Gasteiger partial charge in [0, 0.05) is 18.7 Å². The number of aliphatic carboxylic acids is 1. The van der Waals surface area contributed by atoms with Gasteiger partial charge in [-0.05, 0) is 25.1 Å². The highest BCUT2D eigenvalue weighted by molar-refractivity contribution is 5.93. The van der Waals surface area contributed by atoms with Crippen LogP contribution in [0.15, 0.2) is 47.1 Å². The van der Waals surface area contributed by atoms with E-state index in [1.165, 1.54) is 11.2 Å². The van der Waals surface area contributed by atoms with Crippen molar-refractivity contribution < 1.29 is 23.8 Å². The highest BCUT2D eigenvalue weighted by Gasteiger charge is 2.21. The normalized spacial score (nSPS) is 10.3. The third kappa shape index (κ3) is 4.60. The second-order valence-electron chi connectivity index (χ2n) is 4.91. The molecular weight excluding hydrogens is 298 g/mol. The summed E-state index contributed by atoms with van der Waals surface area (Å²) in [4.78, 5) is 24.6. The molecule has 0 radical (unpaired) electrons. The SMILES string of the molecule is CCN(CCC(=O)O)C(=O)c1occc1COc1ccccc1. The van der Waals surface area contributed by atoms with Crippen LogP contribution in [0.5, 0.6) is 5.75 Å². The number of carbonyl (C=O) groups is 2. The second-order valence-corrected chi connectivity index (χ2v) is 4.91. The number of hydrogen-bond acceptors (Lipinski definition) is 4. The molecule has 0 aliphatic rings. The molecule has 1 aromatic heterocycles. The molecule has 1 N–H and O–H groups in total. The van der Waals surface area contributed by atoms with Gasteiger partial charge in [-0.15, -0.1) is 0 Å². The van der Waals surface area contributed by atoms with Gasteiger partial charge in [0.05, 0.1) is 12.7 Å². The van der Waals surface area contributed by atoms with Gasteiger partial charge in [0.1, 0.15) is 12.4 Å². The number of rotatable bonds is 8. The summed E-state index contributed by atoms with van der Waals surface area (Å²) < 4.78 is 10.9. The van der Waals surface area contributed by atoms with E-state index >= 15 is 0 Å². The van der Waals surface area contributed by atoms with Gasteiger partial charge >= 0.3 is 5.97 Å². The first-order chi connectivity index (χ1) is 11.1. The minimum atomic E-state index is -0.941. The third-order valence-corrected chi connectivity index (χ3v) is 3.34. The molecule has 2 aromatic rings. The highest BCUT2D eigenvalue weighted by atomic mass is 16.5. The minimum Gasteiger partial charge on any atom is -0.489 e. The maximum absolute atomic E-state index is 12.5. The van der Waals surface area contributed by atoms with Crippen molar-refractivity contribution in [1.29, 1.82) is 0 Å². The summed E-state index contributed by atoms with van der Waals surface area (Å²) >= 11 is 0. The zero-order valence-electron chi connectivity index (χ0n) is 12.9. The molecule has 0 saturated heterocycles. The Balaban J connectivity index is 2.03. The van der Waals surface area contributed by atoms with Crippen LogP contribution < -0.4 is 4.74 Å². The summed E-state index contributed by atoms with van der Waals surface area (Å²) in [5.74, 6) is -0.382. The van der Waals surface area contributed by atoms with Crippen LogP contribution in [-0.2, 0) is 11.4 Å². The van der Waals surface area contributed by atoms with Crippen molar-refractivity contribution in [3.05, 3.63) is 54.0 Å². The van der Waals surface area contributed by atoms with Crippen LogP contribution in [0.4, 0.5) is 0 Å². The monoisotopic (exact) mass is 317 g/mol. The number of hydrogen-bond donors (Lipinski definition) is 1. The fraction of sp³-hybridized carbons (Fsp3) is 0.294. The van der Waals surface area contributed by atoms with Crippen LogP contribution >= 0.6 is 0 Å². The Morgan fingerprint density at radius 1 is 1.22 bits per heavy atom. The highest BCUT2D eigenvalue weighted by Crippen LogP contribution is 2.17. The summed E-state index contributed by atoms with van der Waals surface area (Å²) in [5, 5.41) is 8.75. The van der Waals surface area contributed by atoms with Gasteiger partial charge in [-0.2, -0.15) is 0 Å². The van der Waals surface area contributed by atoms with E-state index in [0.717, 1.165) is 0 Å². The van der Waals surface area contributed by atoms with E-state index in [9.17, 15) is 9.59 Å². The lowest BCUT2D eigenvalue weighted by molar-refractivity contribution is -0.137. The number of furan rings is 1. The lowest BCUT2D eigenvalue weighted by atomic mass is 10.2. The molecule has 1 aromatic carbocycles. The number of ether oxygens (including phenoxy) is 1. The third-order valence-electron chi connectivity index (χ3n) is 3.34. The summed E-state index contributed by atoms with van der Waals surface area (Å²) in [5.41, 5.74) is 0.632. The first-order valence-corrected chi connectivity index (χ1v) is 7.37. The van der Waals surface area contributed by atoms with Gasteiger partial charge in [0.15, 0.2) is 5.76 Å². The molecule has 0 aliphatic carbocycles. The quantitative estimate of drug-likeness (QED) is 0.810. The smallest absolute Gasteiger partial charge is 0.305 e. The van der Waals surface area contributed by atoms with Gasteiger partial charge in [-0.1, -0.05) is 18.2 Å². The lowest BCUT2D eigenvalue weighted by Gasteiger charge is -2.19. The molecule has 6 heteroatoms. The van der Waals surface area contributed by atoms with Crippen molar-refractivity contribution in [2.75, 3.05) is 13.1 Å². The molecular formula is C17H19NO5. The summed E-state index contributed by atoms with van der Waals surface area (Å²) in [6, 6.07) is 10.9. The number of benzene rings is 1. The van der Waals surface area contributed by atoms with Crippen LogP contribution in [-0.4, -0.2) is 35.0 Å². The molecule has 0 atom stereocenters. The van der Waals surface area contributed by atoms with Crippen molar-refractivity contribution >= 4 is 11.9 Å². The topological polar surface area (TPSA) is 80.0 Å². The molecule has 0 aliphatic heterocycles. The number of para-hydroxylation sites is 1. The molecule has 122 valence electrons. The minimum absolute atomic E-state index is 0.101. The maximum atomic E-state index is 12.5. The van der Waals surface area contributed by atoms with E-state index in [-0.39, 0.29) is 31.2 Å². The Morgan fingerprint density at radius 2 is 1.96 bits per heavy atom. The van der Waals surface area contributed by atoms with Crippen LogP contribution in [0.2, 0.25) is 0 Å². The zero-order valence-corrected chi connectivity index (χ0v) is 12.9. The Morgan fingerprint density at radius 3 is 2.61 bits per heavy atom. The van der Waals surface area contributed by atoms with Gasteiger partial charge in [0.2, 0.25) is 0 Å². The maximum Gasteiger partial charge on any atom is 0.305 e. The lowest BCUT2D eigenvalue weighted by Crippen LogP contribution is -2.33. The average Bonchev–Trinajstić information content (AvgIpc) is 3.02. The number of nitrogens with zero attached hydrogens (tertiary/aromatic N) is 1. The molecule has 1 amide bonds. The van der Waals surface area contributed by atoms with Crippen molar-refractivity contribution in [3.8, 4) is 5.75 Å². The molecule has 6 nitrogen and oxygen atoms in total. The molecule has 0 unspecified atom stereocenters. The largest absolute Gasteiger partial charge is 0.489 e. The zero-order chi connectivity index (χ0) is 16.7. The Kier molecular flexibility index (Phi) is 5.80. The summed E-state index contributed by atoms with van der Waals surface area (Å²) in [7, 11) is 0. The van der Waals surface area contributed by atoms with Crippen LogP contribution in [0.3, 0.4) is 0 Å². The Bertz CT molecular complexity index is 650. The van der Waals surface area contributed by atoms with Crippen LogP contribution in [0.1, 0.15) is 29.5 Å². The van der Waals surface area contributed by atoms with E-state index in [1.807, 2.05) is 30.3 Å². The molecule has 1 heterocycles. The molecule has 23 heavy (non-hydrogen) atoms. The summed E-state index contributed by atoms with van der Waals surface area (Å²) in [6.07, 6.45) is 1.33. The number of carboxylic acid groups (broad SMARTS) is 1. The first kappa shape index (κ1) is 16.6. The predicted molar refractivity (Wildman–Crippen MR) is 83.3 cm³/mol. The predicted octanol–water partition coefficient (Wildman–Crippen LogP) is 2.80. The van der Waals surface area contributed by atoms with Crippen LogP contribution in [0.25, 0.3) is 0 Å². The number of amides is 1. The number of carbonyl (C=O) groups excluding carboxylic acids is 1. The van der Waals surface area contributed by atoms with Crippen molar-refractivity contribution in [1.82, 2.24) is 4.90 Å².